The van der Waals surface area contributed by atoms with E-state index in [-0.39, 0.29) is 5.97 Å². The Hall–Kier alpha value is -2.56. The van der Waals surface area contributed by atoms with Crippen molar-refractivity contribution in [1.29, 1.82) is 0 Å². The highest BCUT2D eigenvalue weighted by atomic mass is 35.5. The highest BCUT2D eigenvalue weighted by Gasteiger charge is 2.12. The third-order valence-corrected chi connectivity index (χ3v) is 4.88. The second kappa shape index (κ2) is 8.63. The lowest BCUT2D eigenvalue weighted by Crippen LogP contribution is -2.06. The van der Waals surface area contributed by atoms with Crippen LogP contribution < -0.4 is 0 Å². The van der Waals surface area contributed by atoms with Crippen molar-refractivity contribution in [2.75, 3.05) is 6.61 Å². The van der Waals surface area contributed by atoms with E-state index in [9.17, 15) is 4.79 Å². The number of carbonyl (C=O) groups is 1. The zero-order chi connectivity index (χ0) is 20.3. The van der Waals surface area contributed by atoms with Crippen LogP contribution in [-0.2, 0) is 4.74 Å². The molecule has 3 rings (SSSR count). The van der Waals surface area contributed by atoms with Crippen LogP contribution in [0.1, 0.15) is 34.2 Å². The van der Waals surface area contributed by atoms with Gasteiger partial charge in [0.15, 0.2) is 0 Å². The molecule has 28 heavy (non-hydrogen) atoms. The fourth-order valence-corrected chi connectivity index (χ4v) is 3.48. The molecule has 0 radical (unpaired) electrons. The van der Waals surface area contributed by atoms with Gasteiger partial charge in [0, 0.05) is 33.9 Å². The molecule has 0 atom stereocenters. The zero-order valence-electron chi connectivity index (χ0n) is 15.9. The summed E-state index contributed by atoms with van der Waals surface area (Å²) in [6, 6.07) is 14.6. The van der Waals surface area contributed by atoms with Crippen LogP contribution in [0.5, 0.6) is 0 Å². The average Bonchev–Trinajstić information content (AvgIpc) is 2.95. The quantitative estimate of drug-likeness (QED) is 0.361. The number of ether oxygens (including phenoxy) is 1. The minimum Gasteiger partial charge on any atom is -0.462 e. The molecule has 1 heterocycles. The molecular weight excluding hydrogens is 395 g/mol. The van der Waals surface area contributed by atoms with Gasteiger partial charge < -0.3 is 9.30 Å². The first-order valence-electron chi connectivity index (χ1n) is 8.86. The van der Waals surface area contributed by atoms with E-state index >= 15 is 0 Å². The lowest BCUT2D eigenvalue weighted by Gasteiger charge is -2.11. The second-order valence-corrected chi connectivity index (χ2v) is 7.13. The predicted octanol–water partition coefficient (Wildman–Crippen LogP) is 6.33. The lowest BCUT2D eigenvalue weighted by atomic mass is 10.2. The summed E-state index contributed by atoms with van der Waals surface area (Å²) in [6.45, 7) is 6.16. The second-order valence-electron chi connectivity index (χ2n) is 6.29. The molecule has 0 unspecified atom stereocenters. The Balaban J connectivity index is 1.95. The van der Waals surface area contributed by atoms with Gasteiger partial charge in [-0.2, -0.15) is 0 Å². The van der Waals surface area contributed by atoms with Crippen molar-refractivity contribution in [2.24, 2.45) is 4.99 Å². The molecule has 1 aromatic heterocycles. The minimum atomic E-state index is -0.328. The normalized spacial score (nSPS) is 11.2. The summed E-state index contributed by atoms with van der Waals surface area (Å²) in [5.74, 6) is -0.328. The number of aryl methyl sites for hydroxylation is 1. The Morgan fingerprint density at radius 3 is 2.64 bits per heavy atom. The molecule has 0 saturated carbocycles. The van der Waals surface area contributed by atoms with E-state index in [1.165, 1.54) is 0 Å². The van der Waals surface area contributed by atoms with Crippen LogP contribution in [0.3, 0.4) is 0 Å². The molecule has 0 amide bonds. The Labute approximate surface area is 174 Å². The first kappa shape index (κ1) is 20.2. The lowest BCUT2D eigenvalue weighted by molar-refractivity contribution is 0.0526. The maximum absolute atomic E-state index is 12.0. The Morgan fingerprint density at radius 2 is 1.93 bits per heavy atom. The highest BCUT2D eigenvalue weighted by molar-refractivity contribution is 6.36. The average molecular weight is 415 g/mol. The van der Waals surface area contributed by atoms with Gasteiger partial charge in [-0.05, 0) is 63.2 Å². The molecule has 6 heteroatoms. The maximum Gasteiger partial charge on any atom is 0.338 e. The van der Waals surface area contributed by atoms with Crippen LogP contribution in [-0.4, -0.2) is 23.4 Å². The molecule has 0 aliphatic rings. The zero-order valence-corrected chi connectivity index (χ0v) is 17.4. The molecule has 0 N–H and O–H groups in total. The Bertz CT molecular complexity index is 1050. The van der Waals surface area contributed by atoms with Gasteiger partial charge in [-0.1, -0.05) is 29.3 Å². The first-order valence-corrected chi connectivity index (χ1v) is 9.62. The SMILES string of the molecule is CCOC(=O)c1cccc(-n2c(C)cc(C=Nc3ccc(Cl)cc3Cl)c2C)c1. The number of rotatable bonds is 5. The number of benzene rings is 2. The molecular formula is C22H20Cl2N2O2. The largest absolute Gasteiger partial charge is 0.462 e. The smallest absolute Gasteiger partial charge is 0.338 e. The molecule has 0 aliphatic heterocycles. The third-order valence-electron chi connectivity index (χ3n) is 4.34. The van der Waals surface area contributed by atoms with Gasteiger partial charge in [0.2, 0.25) is 0 Å². The number of hydrogen-bond acceptors (Lipinski definition) is 3. The van der Waals surface area contributed by atoms with Crippen molar-refractivity contribution in [3.63, 3.8) is 0 Å². The van der Waals surface area contributed by atoms with Crippen LogP contribution in [0.25, 0.3) is 5.69 Å². The molecule has 2 aromatic carbocycles. The predicted molar refractivity (Wildman–Crippen MR) is 115 cm³/mol. The number of aromatic nitrogens is 1. The monoisotopic (exact) mass is 414 g/mol. The minimum absolute atomic E-state index is 0.328. The summed E-state index contributed by atoms with van der Waals surface area (Å²) in [6.07, 6.45) is 1.78. The summed E-state index contributed by atoms with van der Waals surface area (Å²) in [4.78, 5) is 16.5. The van der Waals surface area contributed by atoms with E-state index in [0.717, 1.165) is 22.6 Å². The Morgan fingerprint density at radius 1 is 1.14 bits per heavy atom. The van der Waals surface area contributed by atoms with Gasteiger partial charge >= 0.3 is 5.97 Å². The van der Waals surface area contributed by atoms with E-state index < -0.39 is 0 Å². The van der Waals surface area contributed by atoms with Crippen molar-refractivity contribution in [3.05, 3.63) is 81.1 Å². The van der Waals surface area contributed by atoms with Crippen molar-refractivity contribution < 1.29 is 9.53 Å². The van der Waals surface area contributed by atoms with Crippen molar-refractivity contribution in [1.82, 2.24) is 4.57 Å². The van der Waals surface area contributed by atoms with Crippen LogP contribution in [0.15, 0.2) is 53.5 Å². The van der Waals surface area contributed by atoms with Gasteiger partial charge in [-0.3, -0.25) is 4.99 Å². The summed E-state index contributed by atoms with van der Waals surface area (Å²) in [5, 5.41) is 1.07. The molecule has 144 valence electrons. The summed E-state index contributed by atoms with van der Waals surface area (Å²) in [5.41, 5.74) is 5.07. The summed E-state index contributed by atoms with van der Waals surface area (Å²) >= 11 is 12.1. The van der Waals surface area contributed by atoms with Crippen molar-refractivity contribution in [2.45, 2.75) is 20.8 Å². The standard InChI is InChI=1S/C22H20Cl2N2O2/c1-4-28-22(27)16-6-5-7-19(11-16)26-14(2)10-17(15(26)3)13-25-21-9-8-18(23)12-20(21)24/h5-13H,4H2,1-3H3. The number of nitrogens with zero attached hydrogens (tertiary/aromatic N) is 2. The summed E-state index contributed by atoms with van der Waals surface area (Å²) < 4.78 is 7.18. The summed E-state index contributed by atoms with van der Waals surface area (Å²) in [7, 11) is 0. The molecule has 0 fully saturated rings. The van der Waals surface area contributed by atoms with E-state index in [1.54, 1.807) is 37.4 Å². The molecule has 0 spiro atoms. The number of carbonyl (C=O) groups excluding carboxylic acids is 1. The van der Waals surface area contributed by atoms with Crippen molar-refractivity contribution in [3.8, 4) is 5.69 Å². The van der Waals surface area contributed by atoms with Gasteiger partial charge in [0.05, 0.1) is 22.9 Å². The van der Waals surface area contributed by atoms with E-state index in [0.29, 0.717) is 27.9 Å². The molecule has 0 saturated heterocycles. The number of esters is 1. The van der Waals surface area contributed by atoms with Crippen molar-refractivity contribution >= 4 is 41.1 Å². The Kier molecular flexibility index (Phi) is 6.22. The molecule has 4 nitrogen and oxygen atoms in total. The third kappa shape index (κ3) is 4.29. The van der Waals surface area contributed by atoms with Crippen LogP contribution in [0.2, 0.25) is 10.0 Å². The van der Waals surface area contributed by atoms with Gasteiger partial charge in [0.25, 0.3) is 0 Å². The fourth-order valence-electron chi connectivity index (χ4n) is 3.03. The topological polar surface area (TPSA) is 43.6 Å². The molecule has 0 aliphatic carbocycles. The van der Waals surface area contributed by atoms with E-state index in [2.05, 4.69) is 9.56 Å². The highest BCUT2D eigenvalue weighted by Crippen LogP contribution is 2.28. The van der Waals surface area contributed by atoms with Crippen LogP contribution in [0, 0.1) is 13.8 Å². The van der Waals surface area contributed by atoms with E-state index in [1.807, 2.05) is 38.1 Å². The molecule has 0 bridgehead atoms. The van der Waals surface area contributed by atoms with Crippen LogP contribution in [0.4, 0.5) is 5.69 Å². The number of halogens is 2. The van der Waals surface area contributed by atoms with Gasteiger partial charge in [0.1, 0.15) is 0 Å². The maximum atomic E-state index is 12.0. The van der Waals surface area contributed by atoms with Crippen LogP contribution >= 0.6 is 23.2 Å². The fraction of sp³-hybridized carbons (Fsp3) is 0.182. The van der Waals surface area contributed by atoms with E-state index in [4.69, 9.17) is 27.9 Å². The van der Waals surface area contributed by atoms with Gasteiger partial charge in [-0.25, -0.2) is 4.79 Å². The first-order chi connectivity index (χ1) is 13.4. The molecule has 3 aromatic rings. The number of aliphatic imine (C=N–C) groups is 1. The number of hydrogen-bond donors (Lipinski definition) is 0. The van der Waals surface area contributed by atoms with Gasteiger partial charge in [-0.15, -0.1) is 0 Å².